The molecule has 0 heterocycles. The maximum absolute atomic E-state index is 9.35. The number of aliphatic hydroxyl groups is 1. The van der Waals surface area contributed by atoms with E-state index in [1.54, 1.807) is 0 Å². The maximum atomic E-state index is 9.35. The van der Waals surface area contributed by atoms with Crippen molar-refractivity contribution in [1.29, 1.82) is 0 Å². The number of benzene rings is 1. The van der Waals surface area contributed by atoms with Gasteiger partial charge in [0.15, 0.2) is 0 Å². The summed E-state index contributed by atoms with van der Waals surface area (Å²) in [6.45, 7) is 11.6. The first-order valence-electron chi connectivity index (χ1n) is 7.75. The lowest BCUT2D eigenvalue weighted by Gasteiger charge is -2.26. The van der Waals surface area contributed by atoms with E-state index in [0.29, 0.717) is 6.61 Å². The number of hydrogen-bond acceptors (Lipinski definition) is 3. The van der Waals surface area contributed by atoms with Gasteiger partial charge in [-0.2, -0.15) is 0 Å². The van der Waals surface area contributed by atoms with Crippen molar-refractivity contribution in [3.8, 4) is 5.75 Å². The molecule has 0 radical (unpaired) electrons. The van der Waals surface area contributed by atoms with Gasteiger partial charge < -0.3 is 15.2 Å². The Labute approximate surface area is 129 Å². The number of hydrogen-bond donors (Lipinski definition) is 2. The molecule has 3 nitrogen and oxygen atoms in total. The first-order chi connectivity index (χ1) is 9.72. The molecule has 0 aliphatic rings. The molecule has 0 saturated carbocycles. The van der Waals surface area contributed by atoms with E-state index < -0.39 is 0 Å². The molecule has 1 aromatic carbocycles. The summed E-state index contributed by atoms with van der Waals surface area (Å²) in [5, 5.41) is 12.5. The van der Waals surface area contributed by atoms with Crippen LogP contribution in [0.5, 0.6) is 5.75 Å². The van der Waals surface area contributed by atoms with Crippen LogP contribution in [-0.2, 0) is 5.41 Å². The van der Waals surface area contributed by atoms with Gasteiger partial charge >= 0.3 is 0 Å². The number of rotatable bonds is 7. The maximum Gasteiger partial charge on any atom is 0.122 e. The average Bonchev–Trinajstić information content (AvgIpc) is 2.43. The highest BCUT2D eigenvalue weighted by Gasteiger charge is 2.20. The van der Waals surface area contributed by atoms with Crippen molar-refractivity contribution in [2.75, 3.05) is 20.3 Å². The largest absolute Gasteiger partial charge is 0.493 e. The van der Waals surface area contributed by atoms with Crippen molar-refractivity contribution in [3.63, 3.8) is 0 Å². The Kier molecular flexibility index (Phi) is 6.24. The number of ether oxygens (including phenoxy) is 1. The minimum Gasteiger partial charge on any atom is -0.493 e. The quantitative estimate of drug-likeness (QED) is 0.757. The minimum atomic E-state index is -0.214. The fourth-order valence-electron chi connectivity index (χ4n) is 2.21. The predicted molar refractivity (Wildman–Crippen MR) is 89.2 cm³/mol. The molecule has 0 fully saturated rings. The first-order valence-corrected chi connectivity index (χ1v) is 7.75. The topological polar surface area (TPSA) is 41.5 Å². The fraction of sp³-hybridized carbons (Fsp3) is 0.667. The third kappa shape index (κ3) is 5.33. The van der Waals surface area contributed by atoms with Crippen molar-refractivity contribution in [2.45, 2.75) is 58.4 Å². The summed E-state index contributed by atoms with van der Waals surface area (Å²) in [4.78, 5) is 0. The Morgan fingerprint density at radius 3 is 2.33 bits per heavy atom. The van der Waals surface area contributed by atoms with Crippen LogP contribution in [0.15, 0.2) is 18.2 Å². The highest BCUT2D eigenvalue weighted by Crippen LogP contribution is 2.27. The molecule has 0 aromatic heterocycles. The standard InChI is InChI=1S/C18H31NO2/c1-14-12-15(17(2,3)4)8-9-16(14)21-11-7-10-18(5,13-20)19-6/h8-9,12,19-20H,7,10-11,13H2,1-6H3. The van der Waals surface area contributed by atoms with Gasteiger partial charge in [-0.05, 0) is 56.3 Å². The van der Waals surface area contributed by atoms with E-state index in [1.807, 2.05) is 14.0 Å². The van der Waals surface area contributed by atoms with Crippen molar-refractivity contribution in [3.05, 3.63) is 29.3 Å². The van der Waals surface area contributed by atoms with Crippen molar-refractivity contribution >= 4 is 0 Å². The molecule has 1 rings (SSSR count). The van der Waals surface area contributed by atoms with Crippen molar-refractivity contribution in [2.24, 2.45) is 0 Å². The Balaban J connectivity index is 2.54. The first kappa shape index (κ1) is 18.0. The second kappa shape index (κ2) is 7.28. The van der Waals surface area contributed by atoms with E-state index in [-0.39, 0.29) is 17.6 Å². The van der Waals surface area contributed by atoms with Crippen LogP contribution >= 0.6 is 0 Å². The van der Waals surface area contributed by atoms with Crippen molar-refractivity contribution in [1.82, 2.24) is 5.32 Å². The smallest absolute Gasteiger partial charge is 0.122 e. The van der Waals surface area contributed by atoms with Gasteiger partial charge in [0.1, 0.15) is 5.75 Å². The van der Waals surface area contributed by atoms with Gasteiger partial charge in [-0.1, -0.05) is 32.9 Å². The lowest BCUT2D eigenvalue weighted by Crippen LogP contribution is -2.43. The summed E-state index contributed by atoms with van der Waals surface area (Å²) in [6, 6.07) is 6.42. The molecule has 1 atom stereocenters. The van der Waals surface area contributed by atoms with Gasteiger partial charge in [0, 0.05) is 5.54 Å². The number of aliphatic hydroxyl groups excluding tert-OH is 1. The predicted octanol–water partition coefficient (Wildman–Crippen LogP) is 3.42. The molecule has 2 N–H and O–H groups in total. The fourth-order valence-corrected chi connectivity index (χ4v) is 2.21. The molecular weight excluding hydrogens is 262 g/mol. The molecule has 1 unspecified atom stereocenters. The second-order valence-corrected chi connectivity index (χ2v) is 7.15. The number of likely N-dealkylation sites (N-methyl/N-ethyl adjacent to an activating group) is 1. The molecule has 0 aliphatic carbocycles. The molecule has 0 saturated heterocycles. The van der Waals surface area contributed by atoms with Gasteiger partial charge in [-0.3, -0.25) is 0 Å². The van der Waals surface area contributed by atoms with E-state index in [1.165, 1.54) is 11.1 Å². The SMILES string of the molecule is CNC(C)(CO)CCCOc1ccc(C(C)(C)C)cc1C. The van der Waals surface area contributed by atoms with Gasteiger partial charge in [0.05, 0.1) is 13.2 Å². The normalized spacial score (nSPS) is 14.8. The van der Waals surface area contributed by atoms with Crippen LogP contribution in [0.4, 0.5) is 0 Å². The van der Waals surface area contributed by atoms with E-state index >= 15 is 0 Å². The molecule has 0 bridgehead atoms. The zero-order valence-electron chi connectivity index (χ0n) is 14.4. The van der Waals surface area contributed by atoms with Gasteiger partial charge in [-0.15, -0.1) is 0 Å². The summed E-state index contributed by atoms with van der Waals surface area (Å²) in [6.07, 6.45) is 1.80. The van der Waals surface area contributed by atoms with Crippen molar-refractivity contribution < 1.29 is 9.84 Å². The van der Waals surface area contributed by atoms with Gasteiger partial charge in [0.2, 0.25) is 0 Å². The van der Waals surface area contributed by atoms with E-state index in [9.17, 15) is 5.11 Å². The lowest BCUT2D eigenvalue weighted by molar-refractivity contribution is 0.163. The minimum absolute atomic E-state index is 0.142. The van der Waals surface area contributed by atoms with Crippen LogP contribution in [0, 0.1) is 6.92 Å². The molecule has 120 valence electrons. The zero-order chi connectivity index (χ0) is 16.1. The highest BCUT2D eigenvalue weighted by atomic mass is 16.5. The van der Waals surface area contributed by atoms with Crippen LogP contribution in [0.2, 0.25) is 0 Å². The summed E-state index contributed by atoms with van der Waals surface area (Å²) < 4.78 is 5.88. The van der Waals surface area contributed by atoms with E-state index in [0.717, 1.165) is 18.6 Å². The molecule has 21 heavy (non-hydrogen) atoms. The Morgan fingerprint density at radius 2 is 1.86 bits per heavy atom. The zero-order valence-corrected chi connectivity index (χ0v) is 14.4. The second-order valence-electron chi connectivity index (χ2n) is 7.15. The summed E-state index contributed by atoms with van der Waals surface area (Å²) in [5.41, 5.74) is 2.46. The molecule has 1 aromatic rings. The van der Waals surface area contributed by atoms with Crippen LogP contribution in [0.1, 0.15) is 51.7 Å². The average molecular weight is 293 g/mol. The summed E-state index contributed by atoms with van der Waals surface area (Å²) in [7, 11) is 1.88. The molecule has 3 heteroatoms. The Bertz CT molecular complexity index is 445. The lowest BCUT2D eigenvalue weighted by atomic mass is 9.86. The third-order valence-corrected chi connectivity index (χ3v) is 4.12. The van der Waals surface area contributed by atoms with Crippen LogP contribution in [0.3, 0.4) is 0 Å². The van der Waals surface area contributed by atoms with E-state index in [2.05, 4.69) is 51.2 Å². The number of nitrogens with one attached hydrogen (secondary N) is 1. The monoisotopic (exact) mass is 293 g/mol. The summed E-state index contributed by atoms with van der Waals surface area (Å²) >= 11 is 0. The van der Waals surface area contributed by atoms with Gasteiger partial charge in [0.25, 0.3) is 0 Å². The van der Waals surface area contributed by atoms with Crippen LogP contribution in [0.25, 0.3) is 0 Å². The molecule has 0 amide bonds. The van der Waals surface area contributed by atoms with E-state index in [4.69, 9.17) is 4.74 Å². The summed E-state index contributed by atoms with van der Waals surface area (Å²) in [5.74, 6) is 0.957. The van der Waals surface area contributed by atoms with Crippen LogP contribution in [-0.4, -0.2) is 30.9 Å². The molecular formula is C18H31NO2. The van der Waals surface area contributed by atoms with Gasteiger partial charge in [-0.25, -0.2) is 0 Å². The highest BCUT2D eigenvalue weighted by molar-refractivity contribution is 5.38. The Morgan fingerprint density at radius 1 is 1.19 bits per heavy atom. The Hall–Kier alpha value is -1.06. The number of aryl methyl sites for hydroxylation is 1. The molecule has 0 spiro atoms. The van der Waals surface area contributed by atoms with Crippen LogP contribution < -0.4 is 10.1 Å². The molecule has 0 aliphatic heterocycles. The third-order valence-electron chi connectivity index (χ3n) is 4.12.